The molecule has 0 atom stereocenters. The van der Waals surface area contributed by atoms with Crippen molar-refractivity contribution in [2.45, 2.75) is 26.7 Å². The molecule has 1 aliphatic heterocycles. The molecule has 1 fully saturated rings. The molecule has 0 spiro atoms. The predicted octanol–water partition coefficient (Wildman–Crippen LogP) is 3.14. The smallest absolute Gasteiger partial charge is 0.256 e. The van der Waals surface area contributed by atoms with Gasteiger partial charge in [0.05, 0.1) is 24.6 Å². The zero-order valence-corrected chi connectivity index (χ0v) is 16.6. The SMILES string of the molecule is CCc1nc(-n2nc(-c3ccc(F)cc3)cc2O)nc(N2CCOCC2)c1CC. The second-order valence-corrected chi connectivity index (χ2v) is 6.89. The van der Waals surface area contributed by atoms with Crippen LogP contribution in [0, 0.1) is 5.82 Å². The van der Waals surface area contributed by atoms with Crippen molar-refractivity contribution in [3.05, 3.63) is 47.4 Å². The average molecular weight is 397 g/mol. The van der Waals surface area contributed by atoms with Crippen molar-refractivity contribution in [3.8, 4) is 23.1 Å². The lowest BCUT2D eigenvalue weighted by Gasteiger charge is -2.30. The lowest BCUT2D eigenvalue weighted by atomic mass is 10.1. The van der Waals surface area contributed by atoms with Gasteiger partial charge in [-0.15, -0.1) is 0 Å². The molecule has 1 aromatic carbocycles. The van der Waals surface area contributed by atoms with Crippen LogP contribution in [0.4, 0.5) is 10.2 Å². The Morgan fingerprint density at radius 1 is 1.07 bits per heavy atom. The zero-order chi connectivity index (χ0) is 20.4. The fourth-order valence-corrected chi connectivity index (χ4v) is 3.57. The van der Waals surface area contributed by atoms with Gasteiger partial charge in [-0.3, -0.25) is 0 Å². The molecule has 0 radical (unpaired) electrons. The van der Waals surface area contributed by atoms with Gasteiger partial charge in [0.1, 0.15) is 11.6 Å². The highest BCUT2D eigenvalue weighted by atomic mass is 19.1. The summed E-state index contributed by atoms with van der Waals surface area (Å²) in [5.74, 6) is 0.810. The van der Waals surface area contributed by atoms with Gasteiger partial charge in [-0.05, 0) is 37.1 Å². The monoisotopic (exact) mass is 397 g/mol. The topological polar surface area (TPSA) is 76.3 Å². The number of aryl methyl sites for hydroxylation is 1. The molecule has 7 nitrogen and oxygen atoms in total. The summed E-state index contributed by atoms with van der Waals surface area (Å²) in [6, 6.07) is 7.51. The van der Waals surface area contributed by atoms with Crippen LogP contribution in [0.5, 0.6) is 5.88 Å². The zero-order valence-electron chi connectivity index (χ0n) is 16.6. The molecule has 3 aromatic rings. The summed E-state index contributed by atoms with van der Waals surface area (Å²) in [6.07, 6.45) is 1.57. The van der Waals surface area contributed by atoms with E-state index in [2.05, 4.69) is 28.8 Å². The number of hydrogen-bond donors (Lipinski definition) is 1. The molecule has 0 aliphatic carbocycles. The van der Waals surface area contributed by atoms with Crippen LogP contribution in [0.2, 0.25) is 0 Å². The normalized spacial score (nSPS) is 14.4. The molecule has 0 bridgehead atoms. The van der Waals surface area contributed by atoms with Crippen LogP contribution in [0.3, 0.4) is 0 Å². The van der Waals surface area contributed by atoms with Crippen LogP contribution in [0.25, 0.3) is 17.2 Å². The van der Waals surface area contributed by atoms with E-state index in [1.54, 1.807) is 12.1 Å². The largest absolute Gasteiger partial charge is 0.493 e. The second-order valence-electron chi connectivity index (χ2n) is 6.89. The van der Waals surface area contributed by atoms with Crippen molar-refractivity contribution >= 4 is 5.82 Å². The van der Waals surface area contributed by atoms with Gasteiger partial charge in [-0.1, -0.05) is 13.8 Å². The van der Waals surface area contributed by atoms with Gasteiger partial charge in [0.25, 0.3) is 5.95 Å². The Hall–Kier alpha value is -3.00. The predicted molar refractivity (Wildman–Crippen MR) is 108 cm³/mol. The average Bonchev–Trinajstić information content (AvgIpc) is 3.15. The van der Waals surface area contributed by atoms with Crippen LogP contribution in [-0.2, 0) is 17.6 Å². The molecule has 3 heterocycles. The highest BCUT2D eigenvalue weighted by molar-refractivity contribution is 5.61. The van der Waals surface area contributed by atoms with E-state index in [1.165, 1.54) is 22.9 Å². The fraction of sp³-hybridized carbons (Fsp3) is 0.381. The highest BCUT2D eigenvalue weighted by Crippen LogP contribution is 2.28. The van der Waals surface area contributed by atoms with E-state index < -0.39 is 0 Å². The van der Waals surface area contributed by atoms with Crippen LogP contribution in [0.15, 0.2) is 30.3 Å². The lowest BCUT2D eigenvalue weighted by Crippen LogP contribution is -2.38. The summed E-state index contributed by atoms with van der Waals surface area (Å²) < 4.78 is 20.0. The van der Waals surface area contributed by atoms with Crippen LogP contribution < -0.4 is 4.90 Å². The van der Waals surface area contributed by atoms with Crippen molar-refractivity contribution in [3.63, 3.8) is 0 Å². The van der Waals surface area contributed by atoms with Crippen LogP contribution >= 0.6 is 0 Å². The van der Waals surface area contributed by atoms with Crippen molar-refractivity contribution in [1.29, 1.82) is 0 Å². The maximum absolute atomic E-state index is 13.2. The minimum absolute atomic E-state index is 0.0662. The Balaban J connectivity index is 1.79. The summed E-state index contributed by atoms with van der Waals surface area (Å²) in [4.78, 5) is 11.7. The third kappa shape index (κ3) is 3.80. The molecule has 8 heteroatoms. The number of anilines is 1. The summed E-state index contributed by atoms with van der Waals surface area (Å²) >= 11 is 0. The summed E-state index contributed by atoms with van der Waals surface area (Å²) in [5, 5.41) is 15.0. The number of ether oxygens (including phenoxy) is 1. The van der Waals surface area contributed by atoms with E-state index in [1.807, 2.05) is 0 Å². The maximum atomic E-state index is 13.2. The second kappa shape index (κ2) is 8.16. The van der Waals surface area contributed by atoms with Crippen molar-refractivity contribution < 1.29 is 14.2 Å². The Morgan fingerprint density at radius 3 is 2.45 bits per heavy atom. The first-order chi connectivity index (χ1) is 14.1. The van der Waals surface area contributed by atoms with Gasteiger partial charge < -0.3 is 14.7 Å². The number of nitrogens with zero attached hydrogens (tertiary/aromatic N) is 5. The maximum Gasteiger partial charge on any atom is 0.256 e. The summed E-state index contributed by atoms with van der Waals surface area (Å²) in [5.41, 5.74) is 3.28. The molecule has 2 aromatic heterocycles. The number of morpholine rings is 1. The molecule has 1 saturated heterocycles. The van der Waals surface area contributed by atoms with Crippen molar-refractivity contribution in [2.75, 3.05) is 31.2 Å². The minimum Gasteiger partial charge on any atom is -0.493 e. The summed E-state index contributed by atoms with van der Waals surface area (Å²) in [7, 11) is 0. The molecule has 29 heavy (non-hydrogen) atoms. The van der Waals surface area contributed by atoms with Crippen LogP contribution in [0.1, 0.15) is 25.1 Å². The highest BCUT2D eigenvalue weighted by Gasteiger charge is 2.22. The number of rotatable bonds is 5. The van der Waals surface area contributed by atoms with Gasteiger partial charge in [0.15, 0.2) is 0 Å². The van der Waals surface area contributed by atoms with E-state index in [0.29, 0.717) is 30.4 Å². The van der Waals surface area contributed by atoms with Gasteiger partial charge in [0.2, 0.25) is 5.88 Å². The fourth-order valence-electron chi connectivity index (χ4n) is 3.57. The van der Waals surface area contributed by atoms with E-state index in [0.717, 1.165) is 43.0 Å². The lowest BCUT2D eigenvalue weighted by molar-refractivity contribution is 0.122. The van der Waals surface area contributed by atoms with Gasteiger partial charge >= 0.3 is 0 Å². The molecule has 152 valence electrons. The molecular formula is C21H24FN5O2. The van der Waals surface area contributed by atoms with Gasteiger partial charge in [0, 0.05) is 30.3 Å². The number of halogens is 1. The number of aromatic hydroxyl groups is 1. The molecule has 1 N–H and O–H groups in total. The molecule has 0 unspecified atom stereocenters. The Labute approximate surface area is 168 Å². The Kier molecular flexibility index (Phi) is 5.44. The number of benzene rings is 1. The van der Waals surface area contributed by atoms with E-state index in [9.17, 15) is 9.50 Å². The first kappa shape index (κ1) is 19.3. The van der Waals surface area contributed by atoms with Crippen molar-refractivity contribution in [1.82, 2.24) is 19.7 Å². The number of hydrogen-bond acceptors (Lipinski definition) is 6. The van der Waals surface area contributed by atoms with Gasteiger partial charge in [-0.2, -0.15) is 14.8 Å². The van der Waals surface area contributed by atoms with E-state index in [-0.39, 0.29) is 11.7 Å². The summed E-state index contributed by atoms with van der Waals surface area (Å²) in [6.45, 7) is 7.00. The quantitative estimate of drug-likeness (QED) is 0.713. The van der Waals surface area contributed by atoms with E-state index >= 15 is 0 Å². The minimum atomic E-state index is -0.321. The molecular weight excluding hydrogens is 373 g/mol. The molecule has 0 amide bonds. The third-order valence-electron chi connectivity index (χ3n) is 5.08. The Bertz CT molecular complexity index is 997. The van der Waals surface area contributed by atoms with Crippen LogP contribution in [-0.4, -0.2) is 51.2 Å². The standard InChI is InChI=1S/C21H24FN5O2/c1-3-16-17(4-2)23-21(24-20(16)26-9-11-29-12-10-26)27-19(28)13-18(25-27)14-5-7-15(22)8-6-14/h5-8,13,28H,3-4,9-12H2,1-2H3. The van der Waals surface area contributed by atoms with Gasteiger partial charge in [-0.25, -0.2) is 9.37 Å². The number of aromatic nitrogens is 4. The molecule has 0 saturated carbocycles. The van der Waals surface area contributed by atoms with E-state index in [4.69, 9.17) is 9.72 Å². The molecule has 4 rings (SSSR count). The first-order valence-electron chi connectivity index (χ1n) is 9.88. The molecule has 1 aliphatic rings. The Morgan fingerprint density at radius 2 is 1.79 bits per heavy atom. The third-order valence-corrected chi connectivity index (χ3v) is 5.08. The van der Waals surface area contributed by atoms with Crippen molar-refractivity contribution in [2.24, 2.45) is 0 Å². The first-order valence-corrected chi connectivity index (χ1v) is 9.88.